The third-order valence-electron chi connectivity index (χ3n) is 2.47. The first-order valence-corrected chi connectivity index (χ1v) is 6.28. The van der Waals surface area contributed by atoms with Gasteiger partial charge in [0.25, 0.3) is 0 Å². The predicted octanol–water partition coefficient (Wildman–Crippen LogP) is 1.82. The summed E-state index contributed by atoms with van der Waals surface area (Å²) in [6, 6.07) is 8.52. The molecule has 86 valence electrons. The maximum absolute atomic E-state index is 11.4. The van der Waals surface area contributed by atoms with Crippen LogP contribution in [0.4, 0.5) is 0 Å². The van der Waals surface area contributed by atoms with Crippen LogP contribution in [-0.2, 0) is 11.3 Å². The van der Waals surface area contributed by atoms with Crippen LogP contribution in [0.25, 0.3) is 0 Å². The molecule has 0 spiro atoms. The van der Waals surface area contributed by atoms with E-state index in [0.717, 1.165) is 23.9 Å². The Balaban J connectivity index is 1.66. The minimum absolute atomic E-state index is 0.0969. The number of nitrogens with one attached hydrogen (secondary N) is 2. The van der Waals surface area contributed by atoms with E-state index >= 15 is 0 Å². The SMILES string of the molecule is O=C(CNCc1ccc(Br)cc1)NC1CC1. The van der Waals surface area contributed by atoms with E-state index in [1.54, 1.807) is 0 Å². The van der Waals surface area contributed by atoms with Gasteiger partial charge in [-0.1, -0.05) is 28.1 Å². The molecule has 1 aliphatic rings. The topological polar surface area (TPSA) is 41.1 Å². The van der Waals surface area contributed by atoms with Gasteiger partial charge in [0.15, 0.2) is 0 Å². The Bertz CT molecular complexity index is 360. The molecule has 1 fully saturated rings. The van der Waals surface area contributed by atoms with E-state index in [1.807, 2.05) is 24.3 Å². The molecule has 4 heteroatoms. The van der Waals surface area contributed by atoms with Gasteiger partial charge in [-0.05, 0) is 30.5 Å². The normalized spacial score (nSPS) is 14.8. The van der Waals surface area contributed by atoms with Gasteiger partial charge < -0.3 is 10.6 Å². The first-order chi connectivity index (χ1) is 7.74. The van der Waals surface area contributed by atoms with E-state index in [2.05, 4.69) is 26.6 Å². The molecule has 0 atom stereocenters. The zero-order chi connectivity index (χ0) is 11.4. The Morgan fingerprint density at radius 1 is 1.31 bits per heavy atom. The number of carbonyl (C=O) groups excluding carboxylic acids is 1. The van der Waals surface area contributed by atoms with Gasteiger partial charge >= 0.3 is 0 Å². The number of amides is 1. The third kappa shape index (κ3) is 3.94. The molecule has 2 rings (SSSR count). The van der Waals surface area contributed by atoms with Crippen LogP contribution in [0.3, 0.4) is 0 Å². The lowest BCUT2D eigenvalue weighted by molar-refractivity contribution is -0.120. The average molecular weight is 283 g/mol. The summed E-state index contributed by atoms with van der Waals surface area (Å²) in [5, 5.41) is 6.07. The molecular weight excluding hydrogens is 268 g/mol. The average Bonchev–Trinajstić information content (AvgIpc) is 3.05. The van der Waals surface area contributed by atoms with Crippen LogP contribution in [0.2, 0.25) is 0 Å². The van der Waals surface area contributed by atoms with Gasteiger partial charge in [-0.2, -0.15) is 0 Å². The van der Waals surface area contributed by atoms with Crippen molar-refractivity contribution in [2.75, 3.05) is 6.54 Å². The number of carbonyl (C=O) groups is 1. The fraction of sp³-hybridized carbons (Fsp3) is 0.417. The second-order valence-electron chi connectivity index (χ2n) is 4.07. The quantitative estimate of drug-likeness (QED) is 0.865. The van der Waals surface area contributed by atoms with Crippen molar-refractivity contribution < 1.29 is 4.79 Å². The van der Waals surface area contributed by atoms with Crippen LogP contribution < -0.4 is 10.6 Å². The Kier molecular flexibility index (Phi) is 3.96. The fourth-order valence-corrected chi connectivity index (χ4v) is 1.69. The Hall–Kier alpha value is -0.870. The zero-order valence-electron chi connectivity index (χ0n) is 9.00. The molecule has 16 heavy (non-hydrogen) atoms. The Morgan fingerprint density at radius 3 is 2.62 bits per heavy atom. The molecule has 0 radical (unpaired) electrons. The maximum Gasteiger partial charge on any atom is 0.234 e. The first kappa shape index (κ1) is 11.6. The lowest BCUT2D eigenvalue weighted by Crippen LogP contribution is -2.34. The summed E-state index contributed by atoms with van der Waals surface area (Å²) in [4.78, 5) is 11.4. The molecular formula is C12H15BrN2O. The highest BCUT2D eigenvalue weighted by Gasteiger charge is 2.22. The van der Waals surface area contributed by atoms with E-state index in [-0.39, 0.29) is 5.91 Å². The van der Waals surface area contributed by atoms with Gasteiger partial charge in [0.05, 0.1) is 6.54 Å². The fourth-order valence-electron chi connectivity index (χ4n) is 1.43. The molecule has 3 nitrogen and oxygen atoms in total. The third-order valence-corrected chi connectivity index (χ3v) is 3.00. The van der Waals surface area contributed by atoms with Crippen LogP contribution in [0.15, 0.2) is 28.7 Å². The van der Waals surface area contributed by atoms with E-state index in [0.29, 0.717) is 12.6 Å². The van der Waals surface area contributed by atoms with Crippen molar-refractivity contribution in [2.45, 2.75) is 25.4 Å². The van der Waals surface area contributed by atoms with Gasteiger partial charge in [-0.25, -0.2) is 0 Å². The van der Waals surface area contributed by atoms with Crippen molar-refractivity contribution in [3.63, 3.8) is 0 Å². The Morgan fingerprint density at radius 2 is 2.00 bits per heavy atom. The first-order valence-electron chi connectivity index (χ1n) is 5.48. The maximum atomic E-state index is 11.4. The van der Waals surface area contributed by atoms with Crippen molar-refractivity contribution in [2.24, 2.45) is 0 Å². The zero-order valence-corrected chi connectivity index (χ0v) is 10.6. The summed E-state index contributed by atoms with van der Waals surface area (Å²) in [5.74, 6) is 0.0969. The monoisotopic (exact) mass is 282 g/mol. The standard InChI is InChI=1S/C12H15BrN2O/c13-10-3-1-9(2-4-10)7-14-8-12(16)15-11-5-6-11/h1-4,11,14H,5-8H2,(H,15,16). The second kappa shape index (κ2) is 5.46. The van der Waals surface area contributed by atoms with Crippen LogP contribution in [0.1, 0.15) is 18.4 Å². The molecule has 0 saturated heterocycles. The second-order valence-corrected chi connectivity index (χ2v) is 4.99. The number of halogens is 1. The van der Waals surface area contributed by atoms with E-state index in [1.165, 1.54) is 5.56 Å². The molecule has 1 aromatic carbocycles. The molecule has 2 N–H and O–H groups in total. The summed E-state index contributed by atoms with van der Waals surface area (Å²) < 4.78 is 1.07. The van der Waals surface area contributed by atoms with Crippen LogP contribution in [0.5, 0.6) is 0 Å². The van der Waals surface area contributed by atoms with Gasteiger partial charge in [0, 0.05) is 17.1 Å². The number of hydrogen-bond donors (Lipinski definition) is 2. The highest BCUT2D eigenvalue weighted by Crippen LogP contribution is 2.18. The molecule has 0 heterocycles. The van der Waals surface area contributed by atoms with Crippen molar-refractivity contribution in [1.29, 1.82) is 0 Å². The number of hydrogen-bond acceptors (Lipinski definition) is 2. The van der Waals surface area contributed by atoms with Gasteiger partial charge in [-0.3, -0.25) is 4.79 Å². The van der Waals surface area contributed by atoms with Crippen LogP contribution in [-0.4, -0.2) is 18.5 Å². The molecule has 0 aliphatic heterocycles. The van der Waals surface area contributed by atoms with E-state index < -0.39 is 0 Å². The van der Waals surface area contributed by atoms with Crippen LogP contribution in [0, 0.1) is 0 Å². The summed E-state index contributed by atoms with van der Waals surface area (Å²) in [6.07, 6.45) is 2.27. The minimum Gasteiger partial charge on any atom is -0.352 e. The number of benzene rings is 1. The summed E-state index contributed by atoms with van der Waals surface area (Å²) in [5.41, 5.74) is 1.18. The summed E-state index contributed by atoms with van der Waals surface area (Å²) in [6.45, 7) is 1.12. The molecule has 1 saturated carbocycles. The smallest absolute Gasteiger partial charge is 0.234 e. The summed E-state index contributed by atoms with van der Waals surface area (Å²) >= 11 is 3.39. The predicted molar refractivity (Wildman–Crippen MR) is 67.0 cm³/mol. The molecule has 1 aliphatic carbocycles. The van der Waals surface area contributed by atoms with Gasteiger partial charge in [0.2, 0.25) is 5.91 Å². The molecule has 1 aromatic rings. The Labute approximate surface area is 104 Å². The molecule has 0 bridgehead atoms. The van der Waals surface area contributed by atoms with Crippen molar-refractivity contribution in [1.82, 2.24) is 10.6 Å². The molecule has 0 unspecified atom stereocenters. The molecule has 0 aromatic heterocycles. The van der Waals surface area contributed by atoms with Gasteiger partial charge in [-0.15, -0.1) is 0 Å². The van der Waals surface area contributed by atoms with Gasteiger partial charge in [0.1, 0.15) is 0 Å². The van der Waals surface area contributed by atoms with E-state index in [4.69, 9.17) is 0 Å². The minimum atomic E-state index is 0.0969. The molecule has 1 amide bonds. The summed E-state index contributed by atoms with van der Waals surface area (Å²) in [7, 11) is 0. The van der Waals surface area contributed by atoms with E-state index in [9.17, 15) is 4.79 Å². The van der Waals surface area contributed by atoms with Crippen molar-refractivity contribution in [3.05, 3.63) is 34.3 Å². The van der Waals surface area contributed by atoms with Crippen molar-refractivity contribution in [3.8, 4) is 0 Å². The lowest BCUT2D eigenvalue weighted by atomic mass is 10.2. The highest BCUT2D eigenvalue weighted by molar-refractivity contribution is 9.10. The lowest BCUT2D eigenvalue weighted by Gasteiger charge is -2.05. The number of rotatable bonds is 5. The largest absolute Gasteiger partial charge is 0.352 e. The highest BCUT2D eigenvalue weighted by atomic mass is 79.9. The van der Waals surface area contributed by atoms with Crippen LogP contribution >= 0.6 is 15.9 Å². The van der Waals surface area contributed by atoms with Crippen molar-refractivity contribution >= 4 is 21.8 Å².